The van der Waals surface area contributed by atoms with Crippen molar-refractivity contribution in [1.29, 1.82) is 10.5 Å². The summed E-state index contributed by atoms with van der Waals surface area (Å²) < 4.78 is 5.79. The smallest absolute Gasteiger partial charge is 0.262 e. The van der Waals surface area contributed by atoms with E-state index in [1.165, 1.54) is 30.4 Å². The molecule has 1 heterocycles. The van der Waals surface area contributed by atoms with E-state index in [2.05, 4.69) is 30.3 Å². The van der Waals surface area contributed by atoms with E-state index in [1.54, 1.807) is 24.9 Å². The Hall–Kier alpha value is -3.91. The minimum atomic E-state index is -0.986. The number of rotatable bonds is 8. The van der Waals surface area contributed by atoms with Crippen molar-refractivity contribution in [3.8, 4) is 12.1 Å². The highest BCUT2D eigenvalue weighted by Gasteiger charge is 2.66. The third-order valence-electron chi connectivity index (χ3n) is 10.5. The first kappa shape index (κ1) is 29.8. The number of carbonyl (C=O) groups is 1. The van der Waals surface area contributed by atoms with E-state index < -0.39 is 5.54 Å². The SMILES string of the molecule is COC1CCC2(CC1)Cc1ccc(CCC3CC3)cc1C21N=C(SCc2cccc(C#N)c2)N(Cc2cccc(C#N)c2)C1=O. The molecule has 2 spiro atoms. The van der Waals surface area contributed by atoms with E-state index >= 15 is 4.79 Å². The number of hydrogen-bond acceptors (Lipinski definition) is 6. The highest BCUT2D eigenvalue weighted by Crippen LogP contribution is 2.62. The number of benzene rings is 3. The number of amidine groups is 1. The Balaban J connectivity index is 1.32. The number of hydrogen-bond donors (Lipinski definition) is 0. The fourth-order valence-corrected chi connectivity index (χ4v) is 8.83. The Bertz CT molecular complexity index is 1740. The summed E-state index contributed by atoms with van der Waals surface area (Å²) in [6.45, 7) is 0.355. The Kier molecular flexibility index (Phi) is 8.02. The molecule has 3 aromatic carbocycles. The lowest BCUT2D eigenvalue weighted by molar-refractivity contribution is -0.138. The first-order valence-electron chi connectivity index (χ1n) is 16.1. The van der Waals surface area contributed by atoms with Crippen LogP contribution in [0.5, 0.6) is 0 Å². The standard InChI is InChI=1S/C38H38N4O2S/c1-44-33-14-16-37(17-15-33)21-32-13-12-27(11-10-26-8-9-26)20-34(32)38(37)35(43)42(24-30-6-2-4-28(18-30)22-39)36(41-38)45-25-31-7-3-5-29(19-31)23-40/h2-7,12-13,18-20,26,33H,8-11,14-17,21,24-25H2,1H3. The number of ether oxygens (including phenoxy) is 1. The Labute approximate surface area is 270 Å². The summed E-state index contributed by atoms with van der Waals surface area (Å²) in [5.41, 5.74) is 5.47. The average molecular weight is 615 g/mol. The molecule has 4 aliphatic rings. The number of nitriles is 2. The molecule has 1 unspecified atom stereocenters. The van der Waals surface area contributed by atoms with Gasteiger partial charge in [-0.2, -0.15) is 10.5 Å². The van der Waals surface area contributed by atoms with Gasteiger partial charge in [0.2, 0.25) is 0 Å². The second-order valence-corrected chi connectivity index (χ2v) is 14.2. The lowest BCUT2D eigenvalue weighted by Gasteiger charge is -2.45. The average Bonchev–Trinajstić information content (AvgIpc) is 3.83. The highest BCUT2D eigenvalue weighted by molar-refractivity contribution is 8.13. The maximum absolute atomic E-state index is 15.2. The number of carbonyl (C=O) groups excluding carboxylic acids is 1. The van der Waals surface area contributed by atoms with Gasteiger partial charge < -0.3 is 4.74 Å². The number of aryl methyl sites for hydroxylation is 1. The number of fused-ring (bicyclic) bond motifs is 3. The zero-order valence-corrected chi connectivity index (χ0v) is 26.6. The van der Waals surface area contributed by atoms with Crippen LogP contribution >= 0.6 is 11.8 Å². The lowest BCUT2D eigenvalue weighted by Crippen LogP contribution is -2.51. The molecule has 7 rings (SSSR count). The molecule has 3 aliphatic carbocycles. The normalized spacial score (nSPS) is 25.3. The van der Waals surface area contributed by atoms with Gasteiger partial charge in [-0.05, 0) is 103 Å². The summed E-state index contributed by atoms with van der Waals surface area (Å²) in [5.74, 6) is 1.49. The van der Waals surface area contributed by atoms with E-state index in [1.807, 2.05) is 47.4 Å². The zero-order valence-electron chi connectivity index (χ0n) is 25.8. The van der Waals surface area contributed by atoms with Gasteiger partial charge in [0, 0.05) is 18.3 Å². The second-order valence-electron chi connectivity index (χ2n) is 13.3. The Morgan fingerprint density at radius 3 is 2.33 bits per heavy atom. The topological polar surface area (TPSA) is 89.5 Å². The van der Waals surface area contributed by atoms with Crippen molar-refractivity contribution >= 4 is 22.8 Å². The van der Waals surface area contributed by atoms with Crippen LogP contribution in [0.1, 0.15) is 83.9 Å². The third-order valence-corrected chi connectivity index (χ3v) is 11.5. The van der Waals surface area contributed by atoms with Gasteiger partial charge in [-0.1, -0.05) is 67.1 Å². The molecule has 1 atom stereocenters. The van der Waals surface area contributed by atoms with Gasteiger partial charge >= 0.3 is 0 Å². The Morgan fingerprint density at radius 2 is 1.64 bits per heavy atom. The molecule has 7 heteroatoms. The molecule has 3 aromatic rings. The molecule has 45 heavy (non-hydrogen) atoms. The van der Waals surface area contributed by atoms with E-state index in [-0.39, 0.29) is 17.4 Å². The van der Waals surface area contributed by atoms with Crippen molar-refractivity contribution in [2.75, 3.05) is 7.11 Å². The molecular formula is C38H38N4O2S. The molecule has 0 saturated heterocycles. The van der Waals surface area contributed by atoms with Crippen molar-refractivity contribution in [1.82, 2.24) is 4.90 Å². The van der Waals surface area contributed by atoms with E-state index in [0.29, 0.717) is 28.6 Å². The first-order valence-corrected chi connectivity index (χ1v) is 17.1. The molecule has 2 saturated carbocycles. The molecule has 1 amide bonds. The van der Waals surface area contributed by atoms with Crippen LogP contribution in [0.3, 0.4) is 0 Å². The number of thioether (sulfide) groups is 1. The van der Waals surface area contributed by atoms with Crippen LogP contribution in [-0.2, 0) is 40.2 Å². The summed E-state index contributed by atoms with van der Waals surface area (Å²) in [6.07, 6.45) is 9.55. The number of aliphatic imine (C=N–C) groups is 1. The van der Waals surface area contributed by atoms with Crippen LogP contribution < -0.4 is 0 Å². The monoisotopic (exact) mass is 614 g/mol. The predicted octanol–water partition coefficient (Wildman–Crippen LogP) is 7.43. The minimum absolute atomic E-state index is 0.0482. The van der Waals surface area contributed by atoms with Crippen LogP contribution in [0.4, 0.5) is 0 Å². The zero-order chi connectivity index (χ0) is 31.0. The second kappa shape index (κ2) is 12.1. The number of methoxy groups -OCH3 is 1. The summed E-state index contributed by atoms with van der Waals surface area (Å²) >= 11 is 1.57. The maximum atomic E-state index is 15.2. The van der Waals surface area contributed by atoms with Crippen LogP contribution in [0.15, 0.2) is 71.7 Å². The van der Waals surface area contributed by atoms with E-state index in [4.69, 9.17) is 9.73 Å². The summed E-state index contributed by atoms with van der Waals surface area (Å²) in [7, 11) is 1.79. The quantitative estimate of drug-likeness (QED) is 0.263. The fraction of sp³-hybridized carbons (Fsp3) is 0.421. The van der Waals surface area contributed by atoms with Gasteiger partial charge in [-0.25, -0.2) is 4.99 Å². The number of amides is 1. The van der Waals surface area contributed by atoms with Gasteiger partial charge in [-0.15, -0.1) is 0 Å². The van der Waals surface area contributed by atoms with Crippen LogP contribution in [-0.4, -0.2) is 29.2 Å². The number of nitrogens with zero attached hydrogens (tertiary/aromatic N) is 4. The van der Waals surface area contributed by atoms with Crippen LogP contribution in [0.2, 0.25) is 0 Å². The molecule has 6 nitrogen and oxygen atoms in total. The van der Waals surface area contributed by atoms with Crippen molar-refractivity contribution in [2.45, 2.75) is 81.7 Å². The molecule has 0 bridgehead atoms. The molecule has 0 N–H and O–H groups in total. The van der Waals surface area contributed by atoms with Gasteiger partial charge in [0.1, 0.15) is 0 Å². The van der Waals surface area contributed by atoms with Gasteiger partial charge in [0.15, 0.2) is 10.7 Å². The molecular weight excluding hydrogens is 577 g/mol. The van der Waals surface area contributed by atoms with Crippen molar-refractivity contribution in [3.05, 3.63) is 106 Å². The lowest BCUT2D eigenvalue weighted by atomic mass is 9.61. The highest BCUT2D eigenvalue weighted by atomic mass is 32.2. The van der Waals surface area contributed by atoms with Crippen LogP contribution in [0.25, 0.3) is 0 Å². The van der Waals surface area contributed by atoms with Crippen molar-refractivity contribution in [2.24, 2.45) is 16.3 Å². The maximum Gasteiger partial charge on any atom is 0.262 e. The van der Waals surface area contributed by atoms with Gasteiger partial charge in [0.25, 0.3) is 5.91 Å². The molecule has 0 aromatic heterocycles. The molecule has 1 aliphatic heterocycles. The Morgan fingerprint density at radius 1 is 0.933 bits per heavy atom. The largest absolute Gasteiger partial charge is 0.381 e. The van der Waals surface area contributed by atoms with Crippen molar-refractivity contribution in [3.63, 3.8) is 0 Å². The summed E-state index contributed by atoms with van der Waals surface area (Å²) in [6, 6.07) is 26.5. The van der Waals surface area contributed by atoms with Crippen LogP contribution in [0, 0.1) is 34.0 Å². The summed E-state index contributed by atoms with van der Waals surface area (Å²) in [4.78, 5) is 22.7. The third kappa shape index (κ3) is 5.47. The van der Waals surface area contributed by atoms with E-state index in [9.17, 15) is 10.5 Å². The van der Waals surface area contributed by atoms with Gasteiger partial charge in [0.05, 0.1) is 35.9 Å². The fourth-order valence-electron chi connectivity index (χ4n) is 7.85. The van der Waals surface area contributed by atoms with Gasteiger partial charge in [-0.3, -0.25) is 9.69 Å². The van der Waals surface area contributed by atoms with E-state index in [0.717, 1.165) is 61.1 Å². The molecule has 0 radical (unpaired) electrons. The van der Waals surface area contributed by atoms with Crippen molar-refractivity contribution < 1.29 is 9.53 Å². The molecule has 228 valence electrons. The minimum Gasteiger partial charge on any atom is -0.381 e. The molecule has 2 fully saturated rings. The predicted molar refractivity (Wildman–Crippen MR) is 176 cm³/mol. The summed E-state index contributed by atoms with van der Waals surface area (Å²) in [5, 5.41) is 19.8. The first-order chi connectivity index (χ1) is 22.0.